The van der Waals surface area contributed by atoms with Crippen LogP contribution in [0.25, 0.3) is 0 Å². The minimum Gasteiger partial charge on any atom is -0.454 e. The Morgan fingerprint density at radius 3 is 3.00 bits per heavy atom. The fourth-order valence-electron chi connectivity index (χ4n) is 1.36. The molecule has 2 rings (SSSR count). The zero-order valence-corrected chi connectivity index (χ0v) is 8.82. The summed E-state index contributed by atoms with van der Waals surface area (Å²) in [5.41, 5.74) is 0.506. The van der Waals surface area contributed by atoms with Crippen molar-refractivity contribution in [2.45, 2.75) is 13.0 Å². The van der Waals surface area contributed by atoms with Crippen molar-refractivity contribution in [1.29, 1.82) is 0 Å². The molecule has 1 aromatic carbocycles. The van der Waals surface area contributed by atoms with Crippen LogP contribution in [0.5, 0.6) is 11.5 Å². The van der Waals surface area contributed by atoms with E-state index in [2.05, 4.69) is 11.2 Å². The Bertz CT molecular complexity index is 462. The van der Waals surface area contributed by atoms with E-state index in [4.69, 9.17) is 15.9 Å². The van der Waals surface area contributed by atoms with E-state index in [1.54, 1.807) is 25.1 Å². The van der Waals surface area contributed by atoms with Gasteiger partial charge in [-0.05, 0) is 25.1 Å². The number of rotatable bonds is 2. The minimum atomic E-state index is -0.294. The highest BCUT2D eigenvalue weighted by atomic mass is 16.7. The van der Waals surface area contributed by atoms with Gasteiger partial charge in [0.25, 0.3) is 5.91 Å². The third-order valence-corrected chi connectivity index (χ3v) is 2.23. The van der Waals surface area contributed by atoms with Crippen LogP contribution in [0.15, 0.2) is 18.2 Å². The van der Waals surface area contributed by atoms with E-state index in [1.165, 1.54) is 0 Å². The number of fused-ring (bicyclic) bond motifs is 1. The molecule has 82 valence electrons. The van der Waals surface area contributed by atoms with Crippen molar-refractivity contribution in [3.05, 3.63) is 23.8 Å². The fourth-order valence-corrected chi connectivity index (χ4v) is 1.36. The molecule has 0 saturated heterocycles. The number of nitrogens with one attached hydrogen (secondary N) is 1. The smallest absolute Gasteiger partial charge is 0.252 e. The lowest BCUT2D eigenvalue weighted by Gasteiger charge is -2.07. The van der Waals surface area contributed by atoms with E-state index in [1.807, 2.05) is 0 Å². The summed E-state index contributed by atoms with van der Waals surface area (Å²) in [6.45, 7) is 1.94. The van der Waals surface area contributed by atoms with Gasteiger partial charge in [-0.3, -0.25) is 4.79 Å². The van der Waals surface area contributed by atoms with Crippen LogP contribution in [-0.2, 0) is 0 Å². The maximum Gasteiger partial charge on any atom is 0.252 e. The fraction of sp³-hybridized carbons (Fsp3) is 0.250. The maximum absolute atomic E-state index is 11.7. The van der Waals surface area contributed by atoms with Crippen LogP contribution in [0.4, 0.5) is 0 Å². The molecule has 0 saturated carbocycles. The quantitative estimate of drug-likeness (QED) is 0.756. The molecular weight excluding hydrogens is 206 g/mol. The molecule has 16 heavy (non-hydrogen) atoms. The Morgan fingerprint density at radius 2 is 2.25 bits per heavy atom. The first-order valence-electron chi connectivity index (χ1n) is 4.87. The lowest BCUT2D eigenvalue weighted by atomic mass is 10.2. The molecular formula is C12H11NO3. The third kappa shape index (κ3) is 1.94. The first-order valence-corrected chi connectivity index (χ1v) is 4.87. The van der Waals surface area contributed by atoms with Crippen LogP contribution in [0.1, 0.15) is 17.3 Å². The summed E-state index contributed by atoms with van der Waals surface area (Å²) in [5, 5.41) is 2.67. The second-order valence-corrected chi connectivity index (χ2v) is 3.43. The van der Waals surface area contributed by atoms with E-state index in [0.29, 0.717) is 17.1 Å². The van der Waals surface area contributed by atoms with Crippen molar-refractivity contribution in [1.82, 2.24) is 5.32 Å². The molecule has 0 spiro atoms. The minimum absolute atomic E-state index is 0.196. The number of hydrogen-bond acceptors (Lipinski definition) is 3. The standard InChI is InChI=1S/C12H11NO3/c1-3-8(2)13-12(14)9-4-5-10-11(6-9)16-7-15-10/h1,4-6,8H,7H2,2H3,(H,13,14). The zero-order chi connectivity index (χ0) is 11.5. The highest BCUT2D eigenvalue weighted by Crippen LogP contribution is 2.32. The van der Waals surface area contributed by atoms with Crippen LogP contribution < -0.4 is 14.8 Å². The van der Waals surface area contributed by atoms with Gasteiger partial charge in [-0.2, -0.15) is 0 Å². The highest BCUT2D eigenvalue weighted by Gasteiger charge is 2.16. The molecule has 1 amide bonds. The van der Waals surface area contributed by atoms with Gasteiger partial charge in [0.2, 0.25) is 6.79 Å². The number of carbonyl (C=O) groups is 1. The van der Waals surface area contributed by atoms with Crippen molar-refractivity contribution < 1.29 is 14.3 Å². The van der Waals surface area contributed by atoms with Crippen molar-refractivity contribution in [2.24, 2.45) is 0 Å². The van der Waals surface area contributed by atoms with Gasteiger partial charge in [0.15, 0.2) is 11.5 Å². The first-order chi connectivity index (χ1) is 7.70. The van der Waals surface area contributed by atoms with Crippen molar-refractivity contribution in [3.8, 4) is 23.8 Å². The van der Waals surface area contributed by atoms with E-state index < -0.39 is 0 Å². The van der Waals surface area contributed by atoms with E-state index in [0.717, 1.165) is 0 Å². The molecule has 0 fully saturated rings. The van der Waals surface area contributed by atoms with Crippen LogP contribution in [0.3, 0.4) is 0 Å². The summed E-state index contributed by atoms with van der Waals surface area (Å²) in [5.74, 6) is 3.45. The second kappa shape index (κ2) is 4.15. The molecule has 1 heterocycles. The summed E-state index contributed by atoms with van der Waals surface area (Å²) >= 11 is 0. The van der Waals surface area contributed by atoms with Gasteiger partial charge in [0, 0.05) is 5.56 Å². The summed E-state index contributed by atoms with van der Waals surface area (Å²) < 4.78 is 10.3. The summed E-state index contributed by atoms with van der Waals surface area (Å²) in [6, 6.07) is 4.73. The van der Waals surface area contributed by atoms with Gasteiger partial charge in [-0.25, -0.2) is 0 Å². The molecule has 0 aliphatic carbocycles. The van der Waals surface area contributed by atoms with Crippen LogP contribution >= 0.6 is 0 Å². The monoisotopic (exact) mass is 217 g/mol. The normalized spacial score (nSPS) is 14.0. The van der Waals surface area contributed by atoms with Gasteiger partial charge in [0.05, 0.1) is 6.04 Å². The van der Waals surface area contributed by atoms with Crippen LogP contribution in [0, 0.1) is 12.3 Å². The Kier molecular flexibility index (Phi) is 2.69. The Labute approximate surface area is 93.6 Å². The van der Waals surface area contributed by atoms with Crippen molar-refractivity contribution in [3.63, 3.8) is 0 Å². The first kappa shape index (κ1) is 10.4. The number of benzene rings is 1. The molecule has 1 aliphatic rings. The van der Waals surface area contributed by atoms with Gasteiger partial charge in [-0.1, -0.05) is 5.92 Å². The number of terminal acetylenes is 1. The molecule has 1 atom stereocenters. The van der Waals surface area contributed by atoms with E-state index in [9.17, 15) is 4.79 Å². The molecule has 1 unspecified atom stereocenters. The Balaban J connectivity index is 2.16. The lowest BCUT2D eigenvalue weighted by Crippen LogP contribution is -2.31. The lowest BCUT2D eigenvalue weighted by molar-refractivity contribution is 0.0947. The number of amides is 1. The van der Waals surface area contributed by atoms with Crippen molar-refractivity contribution in [2.75, 3.05) is 6.79 Å². The number of carbonyl (C=O) groups excluding carboxylic acids is 1. The van der Waals surface area contributed by atoms with Gasteiger partial charge in [-0.15, -0.1) is 6.42 Å². The molecule has 4 heteroatoms. The molecule has 4 nitrogen and oxygen atoms in total. The predicted molar refractivity (Wildman–Crippen MR) is 58.3 cm³/mol. The maximum atomic E-state index is 11.7. The molecule has 0 bridgehead atoms. The second-order valence-electron chi connectivity index (χ2n) is 3.43. The number of hydrogen-bond donors (Lipinski definition) is 1. The van der Waals surface area contributed by atoms with E-state index >= 15 is 0 Å². The van der Waals surface area contributed by atoms with Crippen LogP contribution in [0.2, 0.25) is 0 Å². The average Bonchev–Trinajstić information content (AvgIpc) is 2.75. The predicted octanol–water partition coefficient (Wildman–Crippen LogP) is 1.17. The molecule has 1 N–H and O–H groups in total. The zero-order valence-electron chi connectivity index (χ0n) is 8.82. The SMILES string of the molecule is C#CC(C)NC(=O)c1ccc2c(c1)OCO2. The molecule has 0 aromatic heterocycles. The molecule has 0 radical (unpaired) electrons. The average molecular weight is 217 g/mol. The Hall–Kier alpha value is -2.15. The van der Waals surface area contributed by atoms with Gasteiger partial charge >= 0.3 is 0 Å². The van der Waals surface area contributed by atoms with Crippen LogP contribution in [-0.4, -0.2) is 18.7 Å². The van der Waals surface area contributed by atoms with Gasteiger partial charge < -0.3 is 14.8 Å². The van der Waals surface area contributed by atoms with Gasteiger partial charge in [0.1, 0.15) is 0 Å². The van der Waals surface area contributed by atoms with E-state index in [-0.39, 0.29) is 18.7 Å². The molecule has 1 aromatic rings. The molecule has 1 aliphatic heterocycles. The third-order valence-electron chi connectivity index (χ3n) is 2.23. The van der Waals surface area contributed by atoms with Crippen molar-refractivity contribution >= 4 is 5.91 Å². The largest absolute Gasteiger partial charge is 0.454 e. The topological polar surface area (TPSA) is 47.6 Å². The highest BCUT2D eigenvalue weighted by molar-refractivity contribution is 5.95. The summed E-state index contributed by atoms with van der Waals surface area (Å²) in [7, 11) is 0. The Morgan fingerprint density at radius 1 is 1.50 bits per heavy atom. The summed E-state index contributed by atoms with van der Waals surface area (Å²) in [4.78, 5) is 11.7. The number of ether oxygens (including phenoxy) is 2. The summed E-state index contributed by atoms with van der Waals surface area (Å²) in [6.07, 6.45) is 5.18.